The highest BCUT2D eigenvalue weighted by molar-refractivity contribution is 6.31. The van der Waals surface area contributed by atoms with Crippen molar-refractivity contribution in [3.8, 4) is 11.5 Å². The number of halogens is 1. The largest absolute Gasteiger partial charge is 0.457 e. The van der Waals surface area contributed by atoms with Crippen molar-refractivity contribution in [3.05, 3.63) is 71.3 Å². The van der Waals surface area contributed by atoms with E-state index >= 15 is 0 Å². The molecule has 1 aliphatic rings. The topological polar surface area (TPSA) is 49.2 Å². The Labute approximate surface area is 163 Å². The van der Waals surface area contributed by atoms with Crippen molar-refractivity contribution in [2.24, 2.45) is 0 Å². The van der Waals surface area contributed by atoms with Gasteiger partial charge in [-0.3, -0.25) is 0 Å². The first kappa shape index (κ1) is 18.0. The maximum atomic E-state index is 6.68. The fourth-order valence-electron chi connectivity index (χ4n) is 3.52. The van der Waals surface area contributed by atoms with Crippen LogP contribution in [0.5, 0.6) is 11.5 Å². The van der Waals surface area contributed by atoms with E-state index in [1.165, 1.54) is 11.9 Å². The van der Waals surface area contributed by atoms with Gasteiger partial charge in [-0.1, -0.05) is 35.4 Å². The lowest BCUT2D eigenvalue weighted by Crippen LogP contribution is -2.38. The Morgan fingerprint density at radius 3 is 2.63 bits per heavy atom. The smallest absolute Gasteiger partial charge is 0.137 e. The van der Waals surface area contributed by atoms with Gasteiger partial charge in [-0.25, -0.2) is 9.67 Å². The van der Waals surface area contributed by atoms with Crippen LogP contribution in [0.1, 0.15) is 30.4 Å². The minimum Gasteiger partial charge on any atom is -0.457 e. The maximum absolute atomic E-state index is 6.68. The number of aromatic nitrogens is 3. The molecule has 2 aromatic carbocycles. The summed E-state index contributed by atoms with van der Waals surface area (Å²) < 4.78 is 14.0. The molecule has 4 rings (SSSR count). The van der Waals surface area contributed by atoms with E-state index in [-0.39, 0.29) is 0 Å². The van der Waals surface area contributed by atoms with Crippen LogP contribution in [0.15, 0.2) is 55.1 Å². The summed E-state index contributed by atoms with van der Waals surface area (Å²) in [6.07, 6.45) is 6.29. The van der Waals surface area contributed by atoms with E-state index in [1.807, 2.05) is 49.4 Å². The van der Waals surface area contributed by atoms with Gasteiger partial charge in [-0.2, -0.15) is 5.10 Å². The molecule has 0 amide bonds. The molecule has 140 valence electrons. The third kappa shape index (κ3) is 3.99. The molecule has 6 heteroatoms. The SMILES string of the molecule is Cc1ccc(Oc2ccc(C3(Cn4cncn4)CCCCO3)c(Cl)c2)cc1. The molecule has 5 nitrogen and oxygen atoms in total. The number of benzene rings is 2. The van der Waals surface area contributed by atoms with Crippen LogP contribution in [0, 0.1) is 6.92 Å². The molecule has 0 aliphatic carbocycles. The Morgan fingerprint density at radius 2 is 1.96 bits per heavy atom. The van der Waals surface area contributed by atoms with Crippen molar-refractivity contribution < 1.29 is 9.47 Å². The lowest BCUT2D eigenvalue weighted by Gasteiger charge is -2.38. The fourth-order valence-corrected chi connectivity index (χ4v) is 3.86. The second-order valence-corrected chi connectivity index (χ2v) is 7.36. The van der Waals surface area contributed by atoms with Gasteiger partial charge in [-0.05, 0) is 50.5 Å². The number of rotatable bonds is 5. The van der Waals surface area contributed by atoms with Crippen LogP contribution in [0.25, 0.3) is 0 Å². The molecule has 0 bridgehead atoms. The zero-order valence-corrected chi connectivity index (χ0v) is 16.0. The van der Waals surface area contributed by atoms with E-state index in [1.54, 1.807) is 11.0 Å². The normalized spacial score (nSPS) is 19.8. The lowest BCUT2D eigenvalue weighted by atomic mass is 9.86. The summed E-state index contributed by atoms with van der Waals surface area (Å²) >= 11 is 6.68. The molecule has 27 heavy (non-hydrogen) atoms. The van der Waals surface area contributed by atoms with Gasteiger partial charge < -0.3 is 9.47 Å². The summed E-state index contributed by atoms with van der Waals surface area (Å²) in [7, 11) is 0. The second kappa shape index (κ2) is 7.71. The van der Waals surface area contributed by atoms with Gasteiger partial charge in [0.05, 0.1) is 11.6 Å². The first-order valence-corrected chi connectivity index (χ1v) is 9.53. The molecule has 3 aromatic rings. The summed E-state index contributed by atoms with van der Waals surface area (Å²) in [5, 5.41) is 4.89. The number of aryl methyl sites for hydroxylation is 1. The molecule has 1 unspecified atom stereocenters. The molecular weight excluding hydrogens is 362 g/mol. The molecule has 0 spiro atoms. The molecule has 1 saturated heterocycles. The Hall–Kier alpha value is -2.37. The molecule has 1 aromatic heterocycles. The molecule has 2 heterocycles. The minimum absolute atomic E-state index is 0.495. The average Bonchev–Trinajstić information content (AvgIpc) is 3.17. The van der Waals surface area contributed by atoms with Crippen molar-refractivity contribution in [2.45, 2.75) is 38.3 Å². The predicted molar refractivity (Wildman–Crippen MR) is 104 cm³/mol. The van der Waals surface area contributed by atoms with Gasteiger partial charge in [0.15, 0.2) is 0 Å². The van der Waals surface area contributed by atoms with Crippen molar-refractivity contribution in [2.75, 3.05) is 6.61 Å². The first-order chi connectivity index (χ1) is 13.1. The second-order valence-electron chi connectivity index (χ2n) is 6.95. The van der Waals surface area contributed by atoms with Crippen molar-refractivity contribution in [1.29, 1.82) is 0 Å². The van der Waals surface area contributed by atoms with Crippen molar-refractivity contribution >= 4 is 11.6 Å². The lowest BCUT2D eigenvalue weighted by molar-refractivity contribution is -0.0967. The van der Waals surface area contributed by atoms with E-state index in [2.05, 4.69) is 10.1 Å². The summed E-state index contributed by atoms with van der Waals surface area (Å²) in [6.45, 7) is 3.35. The Morgan fingerprint density at radius 1 is 1.15 bits per heavy atom. The molecule has 0 saturated carbocycles. The van der Waals surface area contributed by atoms with Crippen molar-refractivity contribution in [1.82, 2.24) is 14.8 Å². The number of hydrogen-bond donors (Lipinski definition) is 0. The van der Waals surface area contributed by atoms with E-state index < -0.39 is 5.60 Å². The number of ether oxygens (including phenoxy) is 2. The Balaban J connectivity index is 1.61. The average molecular weight is 384 g/mol. The number of hydrogen-bond acceptors (Lipinski definition) is 4. The minimum atomic E-state index is -0.495. The third-order valence-electron chi connectivity index (χ3n) is 4.93. The van der Waals surface area contributed by atoms with Crippen LogP contribution in [0.2, 0.25) is 5.02 Å². The zero-order valence-electron chi connectivity index (χ0n) is 15.3. The Bertz CT molecular complexity index is 888. The quantitative estimate of drug-likeness (QED) is 0.613. The molecule has 1 atom stereocenters. The molecule has 1 aliphatic heterocycles. The monoisotopic (exact) mass is 383 g/mol. The van der Waals surface area contributed by atoms with Crippen LogP contribution in [-0.4, -0.2) is 21.4 Å². The molecular formula is C21H22ClN3O2. The van der Waals surface area contributed by atoms with Gasteiger partial charge in [0.2, 0.25) is 0 Å². The molecule has 0 radical (unpaired) electrons. The predicted octanol–water partition coefficient (Wildman–Crippen LogP) is 5.13. The summed E-state index contributed by atoms with van der Waals surface area (Å²) in [4.78, 5) is 4.05. The van der Waals surface area contributed by atoms with Gasteiger partial charge in [0.25, 0.3) is 0 Å². The van der Waals surface area contributed by atoms with Crippen molar-refractivity contribution in [3.63, 3.8) is 0 Å². The summed E-state index contributed by atoms with van der Waals surface area (Å²) in [5.74, 6) is 1.50. The highest BCUT2D eigenvalue weighted by Crippen LogP contribution is 2.41. The first-order valence-electron chi connectivity index (χ1n) is 9.16. The maximum Gasteiger partial charge on any atom is 0.137 e. The molecule has 1 fully saturated rings. The van der Waals surface area contributed by atoms with Crippen LogP contribution in [-0.2, 0) is 16.9 Å². The van der Waals surface area contributed by atoms with Crippen LogP contribution in [0.4, 0.5) is 0 Å². The number of nitrogens with zero attached hydrogens (tertiary/aromatic N) is 3. The third-order valence-corrected chi connectivity index (χ3v) is 5.24. The highest BCUT2D eigenvalue weighted by atomic mass is 35.5. The summed E-state index contributed by atoms with van der Waals surface area (Å²) in [5.41, 5.74) is 1.67. The van der Waals surface area contributed by atoms with E-state index in [0.29, 0.717) is 23.9 Å². The van der Waals surface area contributed by atoms with Gasteiger partial charge in [0.1, 0.15) is 29.8 Å². The van der Waals surface area contributed by atoms with Gasteiger partial charge >= 0.3 is 0 Å². The van der Waals surface area contributed by atoms with E-state index in [0.717, 1.165) is 30.6 Å². The van der Waals surface area contributed by atoms with Crippen LogP contribution < -0.4 is 4.74 Å². The molecule has 0 N–H and O–H groups in total. The Kier molecular flexibility index (Phi) is 5.14. The van der Waals surface area contributed by atoms with Crippen LogP contribution >= 0.6 is 11.6 Å². The van der Waals surface area contributed by atoms with Crippen LogP contribution in [0.3, 0.4) is 0 Å². The van der Waals surface area contributed by atoms with Gasteiger partial charge in [0, 0.05) is 12.2 Å². The highest BCUT2D eigenvalue weighted by Gasteiger charge is 2.38. The van der Waals surface area contributed by atoms with Gasteiger partial charge in [-0.15, -0.1) is 0 Å². The van der Waals surface area contributed by atoms with E-state index in [9.17, 15) is 0 Å². The fraction of sp³-hybridized carbons (Fsp3) is 0.333. The van der Waals surface area contributed by atoms with E-state index in [4.69, 9.17) is 21.1 Å². The standard InChI is InChI=1S/C21H22ClN3O2/c1-16-4-6-17(7-5-16)27-18-8-9-19(20(22)12-18)21(10-2-3-11-26-21)13-25-15-23-14-24-25/h4-9,12,14-15H,2-3,10-11,13H2,1H3. The summed E-state index contributed by atoms with van der Waals surface area (Å²) in [6, 6.07) is 13.8. The zero-order chi connectivity index (χ0) is 18.7.